The molecule has 2 unspecified atom stereocenters. The fraction of sp³-hybridized carbons (Fsp3) is 0.647. The van der Waals surface area contributed by atoms with Crippen LogP contribution in [0.2, 0.25) is 0 Å². The van der Waals surface area contributed by atoms with Crippen molar-refractivity contribution in [3.8, 4) is 0 Å². The third-order valence-corrected chi connectivity index (χ3v) is 4.47. The molecular weight excluding hydrogens is 267 g/mol. The van der Waals surface area contributed by atoms with E-state index in [0.29, 0.717) is 12.5 Å². The Morgan fingerprint density at radius 1 is 1.48 bits per heavy atom. The third-order valence-electron chi connectivity index (χ3n) is 4.47. The summed E-state index contributed by atoms with van der Waals surface area (Å²) in [5.41, 5.74) is 1.02. The maximum absolute atomic E-state index is 13.3. The lowest BCUT2D eigenvalue weighted by atomic mass is 9.94. The van der Waals surface area contributed by atoms with Crippen LogP contribution in [0.15, 0.2) is 24.3 Å². The Bertz CT molecular complexity index is 425. The molecule has 2 N–H and O–H groups in total. The number of benzene rings is 1. The summed E-state index contributed by atoms with van der Waals surface area (Å²) < 4.78 is 13.3. The van der Waals surface area contributed by atoms with Gasteiger partial charge in [-0.3, -0.25) is 0 Å². The number of hydrogen-bond donors (Lipinski definition) is 2. The molecule has 1 heterocycles. The van der Waals surface area contributed by atoms with Gasteiger partial charge in [0.2, 0.25) is 0 Å². The molecular formula is C17H27FN2O. The van der Waals surface area contributed by atoms with E-state index in [1.807, 2.05) is 13.1 Å². The van der Waals surface area contributed by atoms with E-state index < -0.39 is 0 Å². The number of likely N-dealkylation sites (tertiary alicyclic amines) is 1. The minimum Gasteiger partial charge on any atom is -0.396 e. The van der Waals surface area contributed by atoms with E-state index in [1.165, 1.54) is 18.9 Å². The van der Waals surface area contributed by atoms with Gasteiger partial charge in [0.05, 0.1) is 0 Å². The number of aliphatic hydroxyl groups excluding tert-OH is 1. The van der Waals surface area contributed by atoms with Crippen LogP contribution in [0.3, 0.4) is 0 Å². The fourth-order valence-corrected chi connectivity index (χ4v) is 3.29. The van der Waals surface area contributed by atoms with E-state index >= 15 is 0 Å². The van der Waals surface area contributed by atoms with E-state index in [9.17, 15) is 4.39 Å². The monoisotopic (exact) mass is 294 g/mol. The molecule has 0 spiro atoms. The summed E-state index contributed by atoms with van der Waals surface area (Å²) in [6.07, 6.45) is 4.34. The van der Waals surface area contributed by atoms with Gasteiger partial charge in [0, 0.05) is 19.2 Å². The molecule has 0 aromatic heterocycles. The number of piperidine rings is 1. The van der Waals surface area contributed by atoms with E-state index in [-0.39, 0.29) is 11.9 Å². The minimum atomic E-state index is -0.172. The Hall–Kier alpha value is -0.970. The van der Waals surface area contributed by atoms with Crippen molar-refractivity contribution in [1.29, 1.82) is 0 Å². The van der Waals surface area contributed by atoms with Gasteiger partial charge < -0.3 is 15.3 Å². The molecule has 0 radical (unpaired) electrons. The SMILES string of the molecule is CNC(CCN1CCCC(CCO)C1)c1cccc(F)c1. The average Bonchev–Trinajstić information content (AvgIpc) is 2.49. The highest BCUT2D eigenvalue weighted by molar-refractivity contribution is 5.20. The summed E-state index contributed by atoms with van der Waals surface area (Å²) in [5, 5.41) is 12.4. The van der Waals surface area contributed by atoms with Gasteiger partial charge in [-0.1, -0.05) is 12.1 Å². The van der Waals surface area contributed by atoms with Crippen molar-refractivity contribution in [2.24, 2.45) is 5.92 Å². The molecule has 3 nitrogen and oxygen atoms in total. The lowest BCUT2D eigenvalue weighted by Crippen LogP contribution is -2.37. The largest absolute Gasteiger partial charge is 0.396 e. The second kappa shape index (κ2) is 8.47. The highest BCUT2D eigenvalue weighted by atomic mass is 19.1. The highest BCUT2D eigenvalue weighted by Gasteiger charge is 2.20. The van der Waals surface area contributed by atoms with Gasteiger partial charge in [0.1, 0.15) is 5.82 Å². The Morgan fingerprint density at radius 2 is 2.33 bits per heavy atom. The Kier molecular flexibility index (Phi) is 6.61. The Morgan fingerprint density at radius 3 is 3.05 bits per heavy atom. The summed E-state index contributed by atoms with van der Waals surface area (Å²) in [7, 11) is 1.93. The van der Waals surface area contributed by atoms with Gasteiger partial charge in [-0.05, 0) is 69.4 Å². The predicted octanol–water partition coefficient (Wildman–Crippen LogP) is 2.57. The summed E-state index contributed by atoms with van der Waals surface area (Å²) in [6, 6.07) is 7.05. The van der Waals surface area contributed by atoms with Crippen LogP contribution in [0.1, 0.15) is 37.3 Å². The zero-order chi connectivity index (χ0) is 15.1. The van der Waals surface area contributed by atoms with Crippen molar-refractivity contribution in [2.45, 2.75) is 31.7 Å². The van der Waals surface area contributed by atoms with Gasteiger partial charge in [-0.15, -0.1) is 0 Å². The van der Waals surface area contributed by atoms with Crippen LogP contribution in [0.25, 0.3) is 0 Å². The molecule has 1 aromatic rings. The van der Waals surface area contributed by atoms with Crippen molar-refractivity contribution in [3.05, 3.63) is 35.6 Å². The molecule has 1 saturated heterocycles. The molecule has 1 aliphatic rings. The number of nitrogens with zero attached hydrogens (tertiary/aromatic N) is 1. The summed E-state index contributed by atoms with van der Waals surface area (Å²) in [4.78, 5) is 2.48. The molecule has 0 saturated carbocycles. The van der Waals surface area contributed by atoms with Crippen molar-refractivity contribution < 1.29 is 9.50 Å². The van der Waals surface area contributed by atoms with Crippen LogP contribution in [0.4, 0.5) is 4.39 Å². The lowest BCUT2D eigenvalue weighted by Gasteiger charge is -2.33. The predicted molar refractivity (Wildman–Crippen MR) is 83.7 cm³/mol. The normalized spacial score (nSPS) is 21.4. The van der Waals surface area contributed by atoms with E-state index in [0.717, 1.165) is 38.0 Å². The zero-order valence-electron chi connectivity index (χ0n) is 12.9. The maximum atomic E-state index is 13.3. The quantitative estimate of drug-likeness (QED) is 0.811. The first-order chi connectivity index (χ1) is 10.2. The van der Waals surface area contributed by atoms with Crippen molar-refractivity contribution >= 4 is 0 Å². The smallest absolute Gasteiger partial charge is 0.123 e. The Labute approximate surface area is 127 Å². The van der Waals surface area contributed by atoms with Crippen LogP contribution in [0.5, 0.6) is 0 Å². The number of rotatable bonds is 7. The highest BCUT2D eigenvalue weighted by Crippen LogP contribution is 2.22. The second-order valence-corrected chi connectivity index (χ2v) is 6.01. The number of hydrogen-bond acceptors (Lipinski definition) is 3. The first-order valence-corrected chi connectivity index (χ1v) is 7.99. The number of aliphatic hydroxyl groups is 1. The molecule has 1 fully saturated rings. The molecule has 1 aliphatic heterocycles. The second-order valence-electron chi connectivity index (χ2n) is 6.01. The summed E-state index contributed by atoms with van der Waals surface area (Å²) >= 11 is 0. The van der Waals surface area contributed by atoms with Crippen molar-refractivity contribution in [1.82, 2.24) is 10.2 Å². The first kappa shape index (κ1) is 16.4. The van der Waals surface area contributed by atoms with Crippen LogP contribution in [0, 0.1) is 11.7 Å². The zero-order valence-corrected chi connectivity index (χ0v) is 12.9. The van der Waals surface area contributed by atoms with Crippen molar-refractivity contribution in [3.63, 3.8) is 0 Å². The summed E-state index contributed by atoms with van der Waals surface area (Å²) in [6.45, 7) is 3.53. The van der Waals surface area contributed by atoms with Gasteiger partial charge >= 0.3 is 0 Å². The summed E-state index contributed by atoms with van der Waals surface area (Å²) in [5.74, 6) is 0.458. The minimum absolute atomic E-state index is 0.172. The lowest BCUT2D eigenvalue weighted by molar-refractivity contribution is 0.143. The van der Waals surface area contributed by atoms with Gasteiger partial charge in [0.25, 0.3) is 0 Å². The van der Waals surface area contributed by atoms with Gasteiger partial charge in [-0.25, -0.2) is 4.39 Å². The maximum Gasteiger partial charge on any atom is 0.123 e. The van der Waals surface area contributed by atoms with Gasteiger partial charge in [0.15, 0.2) is 0 Å². The molecule has 0 aliphatic carbocycles. The number of halogens is 1. The average molecular weight is 294 g/mol. The third kappa shape index (κ3) is 5.06. The Balaban J connectivity index is 1.85. The van der Waals surface area contributed by atoms with Crippen LogP contribution < -0.4 is 5.32 Å². The molecule has 2 atom stereocenters. The van der Waals surface area contributed by atoms with E-state index in [4.69, 9.17) is 5.11 Å². The number of nitrogens with one attached hydrogen (secondary N) is 1. The molecule has 0 amide bonds. The van der Waals surface area contributed by atoms with Crippen LogP contribution >= 0.6 is 0 Å². The first-order valence-electron chi connectivity index (χ1n) is 7.99. The molecule has 4 heteroatoms. The topological polar surface area (TPSA) is 35.5 Å². The molecule has 1 aromatic carbocycles. The van der Waals surface area contributed by atoms with Crippen molar-refractivity contribution in [2.75, 3.05) is 33.3 Å². The fourth-order valence-electron chi connectivity index (χ4n) is 3.29. The van der Waals surface area contributed by atoms with Crippen LogP contribution in [-0.2, 0) is 0 Å². The van der Waals surface area contributed by atoms with Crippen LogP contribution in [-0.4, -0.2) is 43.3 Å². The van der Waals surface area contributed by atoms with E-state index in [2.05, 4.69) is 10.2 Å². The molecule has 118 valence electrons. The molecule has 21 heavy (non-hydrogen) atoms. The van der Waals surface area contributed by atoms with E-state index in [1.54, 1.807) is 12.1 Å². The standard InChI is InChI=1S/C17H27FN2O/c1-19-17(15-5-2-6-16(18)12-15)7-10-20-9-3-4-14(13-20)8-11-21/h2,5-6,12,14,17,19,21H,3-4,7-11,13H2,1H3. The molecule has 2 rings (SSSR count). The molecule has 0 bridgehead atoms. The van der Waals surface area contributed by atoms with Gasteiger partial charge in [-0.2, -0.15) is 0 Å².